The molecule has 23 heavy (non-hydrogen) atoms. The lowest BCUT2D eigenvalue weighted by Crippen LogP contribution is -2.27. The number of carbonyl (C=O) groups excluding carboxylic acids is 1. The van der Waals surface area contributed by atoms with E-state index in [2.05, 4.69) is 11.9 Å². The Kier molecular flexibility index (Phi) is 4.34. The van der Waals surface area contributed by atoms with Gasteiger partial charge in [0.2, 0.25) is 12.7 Å². The molecule has 3 N–H and O–H groups in total. The molecular weight excluding hydrogens is 296 g/mol. The molecule has 0 unspecified atom stereocenters. The third-order valence-corrected chi connectivity index (χ3v) is 4.12. The zero-order chi connectivity index (χ0) is 16.4. The predicted molar refractivity (Wildman–Crippen MR) is 84.5 cm³/mol. The van der Waals surface area contributed by atoms with E-state index < -0.39 is 0 Å². The maximum absolute atomic E-state index is 11.6. The summed E-state index contributed by atoms with van der Waals surface area (Å²) < 4.78 is 10.7. The average molecular weight is 316 g/mol. The lowest BCUT2D eigenvalue weighted by atomic mass is 9.93. The largest absolute Gasteiger partial charge is 0.454 e. The average Bonchev–Trinajstić information content (AvgIpc) is 3.29. The summed E-state index contributed by atoms with van der Waals surface area (Å²) in [5, 5.41) is 19.9. The van der Waals surface area contributed by atoms with Crippen LogP contribution in [0.25, 0.3) is 0 Å². The standard InChI is InChI=1S/C17H20N2O4/c1-10(8-20)17(21)19-5-4-12(11-2-3-11)13-6-15-16(7-14(13)18)23-9-22-15/h6-7,11,18,20H,1-5,8-9H2,(H,19,21)/b13-12+,18-14?. The highest BCUT2D eigenvalue weighted by atomic mass is 16.7. The van der Waals surface area contributed by atoms with Gasteiger partial charge in [0.05, 0.1) is 12.3 Å². The molecule has 6 nitrogen and oxygen atoms in total. The van der Waals surface area contributed by atoms with Gasteiger partial charge < -0.3 is 25.3 Å². The Morgan fingerprint density at radius 3 is 2.70 bits per heavy atom. The summed E-state index contributed by atoms with van der Waals surface area (Å²) >= 11 is 0. The van der Waals surface area contributed by atoms with Gasteiger partial charge in [-0.3, -0.25) is 4.79 Å². The molecule has 0 atom stereocenters. The Morgan fingerprint density at radius 1 is 1.35 bits per heavy atom. The maximum atomic E-state index is 11.6. The Morgan fingerprint density at radius 2 is 2.04 bits per heavy atom. The van der Waals surface area contributed by atoms with Crippen molar-refractivity contribution in [1.29, 1.82) is 5.41 Å². The first-order valence-electron chi connectivity index (χ1n) is 7.68. The molecule has 0 aromatic heterocycles. The van der Waals surface area contributed by atoms with Crippen LogP contribution in [-0.2, 0) is 14.3 Å². The fourth-order valence-corrected chi connectivity index (χ4v) is 2.71. The van der Waals surface area contributed by atoms with Crippen molar-refractivity contribution in [3.05, 3.63) is 47.0 Å². The number of hydrogen-bond donors (Lipinski definition) is 3. The molecule has 1 saturated heterocycles. The van der Waals surface area contributed by atoms with Gasteiger partial charge >= 0.3 is 0 Å². The van der Waals surface area contributed by atoms with Crippen LogP contribution in [0.1, 0.15) is 19.3 Å². The van der Waals surface area contributed by atoms with E-state index >= 15 is 0 Å². The van der Waals surface area contributed by atoms with Gasteiger partial charge in [0.25, 0.3) is 0 Å². The molecule has 0 aromatic rings. The second-order valence-electron chi connectivity index (χ2n) is 5.82. The maximum Gasteiger partial charge on any atom is 0.248 e. The number of nitrogens with one attached hydrogen (secondary N) is 2. The molecule has 0 spiro atoms. The molecule has 6 heteroatoms. The van der Waals surface area contributed by atoms with Crippen molar-refractivity contribution in [2.24, 2.45) is 5.92 Å². The van der Waals surface area contributed by atoms with Crippen LogP contribution in [0.4, 0.5) is 0 Å². The van der Waals surface area contributed by atoms with E-state index in [4.69, 9.17) is 20.0 Å². The van der Waals surface area contributed by atoms with Crippen LogP contribution in [0.3, 0.4) is 0 Å². The summed E-state index contributed by atoms with van der Waals surface area (Å²) in [7, 11) is 0. The fourth-order valence-electron chi connectivity index (χ4n) is 2.71. The Hall–Kier alpha value is -2.34. The number of allylic oxidation sites excluding steroid dienone is 3. The van der Waals surface area contributed by atoms with Crippen LogP contribution in [-0.4, -0.2) is 36.7 Å². The van der Waals surface area contributed by atoms with Crippen molar-refractivity contribution in [3.63, 3.8) is 0 Å². The van der Waals surface area contributed by atoms with E-state index in [1.165, 1.54) is 5.57 Å². The molecule has 0 radical (unpaired) electrons. The minimum absolute atomic E-state index is 0.155. The summed E-state index contributed by atoms with van der Waals surface area (Å²) in [6.45, 7) is 3.80. The fraction of sp³-hybridized carbons (Fsp3) is 0.412. The van der Waals surface area contributed by atoms with E-state index in [0.717, 1.165) is 18.4 Å². The van der Waals surface area contributed by atoms with Crippen molar-refractivity contribution < 1.29 is 19.4 Å². The number of ether oxygens (including phenoxy) is 2. The second kappa shape index (κ2) is 6.42. The Balaban J connectivity index is 1.72. The van der Waals surface area contributed by atoms with Crippen molar-refractivity contribution in [1.82, 2.24) is 5.32 Å². The first-order chi connectivity index (χ1) is 11.1. The van der Waals surface area contributed by atoms with Crippen molar-refractivity contribution in [2.45, 2.75) is 19.3 Å². The molecule has 3 aliphatic rings. The predicted octanol–water partition coefficient (Wildman–Crippen LogP) is 1.55. The van der Waals surface area contributed by atoms with Crippen molar-refractivity contribution in [2.75, 3.05) is 19.9 Å². The molecule has 2 aliphatic carbocycles. The number of rotatable bonds is 6. The van der Waals surface area contributed by atoms with Gasteiger partial charge in [0.1, 0.15) is 0 Å². The zero-order valence-electron chi connectivity index (χ0n) is 12.9. The van der Waals surface area contributed by atoms with Crippen LogP contribution in [0.15, 0.2) is 47.0 Å². The van der Waals surface area contributed by atoms with Crippen LogP contribution >= 0.6 is 0 Å². The molecule has 1 saturated carbocycles. The molecule has 2 fully saturated rings. The number of hydrogen-bond acceptors (Lipinski definition) is 5. The van der Waals surface area contributed by atoms with Gasteiger partial charge in [-0.15, -0.1) is 0 Å². The van der Waals surface area contributed by atoms with Gasteiger partial charge in [0, 0.05) is 23.8 Å². The Labute approximate surface area is 134 Å². The van der Waals surface area contributed by atoms with Crippen LogP contribution < -0.4 is 5.32 Å². The number of amides is 1. The summed E-state index contributed by atoms with van der Waals surface area (Å²) in [6.07, 6.45) is 6.45. The second-order valence-corrected chi connectivity index (χ2v) is 5.82. The molecular formula is C17H20N2O4. The van der Waals surface area contributed by atoms with Crippen molar-refractivity contribution in [3.8, 4) is 0 Å². The topological polar surface area (TPSA) is 91.6 Å². The van der Waals surface area contributed by atoms with Gasteiger partial charge in [-0.1, -0.05) is 12.2 Å². The van der Waals surface area contributed by atoms with Crippen molar-refractivity contribution >= 4 is 11.6 Å². The van der Waals surface area contributed by atoms with Gasteiger partial charge in [-0.2, -0.15) is 0 Å². The lowest BCUT2D eigenvalue weighted by Gasteiger charge is -2.16. The summed E-state index contributed by atoms with van der Waals surface area (Å²) in [6, 6.07) is 0. The molecule has 0 bridgehead atoms. The summed E-state index contributed by atoms with van der Waals surface area (Å²) in [5.41, 5.74) is 2.61. The third kappa shape index (κ3) is 3.37. The first-order valence-corrected chi connectivity index (χ1v) is 7.68. The third-order valence-electron chi connectivity index (χ3n) is 4.12. The van der Waals surface area contributed by atoms with E-state index in [9.17, 15) is 4.79 Å². The van der Waals surface area contributed by atoms with Gasteiger partial charge in [0.15, 0.2) is 11.5 Å². The van der Waals surface area contributed by atoms with Crippen LogP contribution in [0.5, 0.6) is 0 Å². The van der Waals surface area contributed by atoms with E-state index in [1.54, 1.807) is 6.08 Å². The van der Waals surface area contributed by atoms with Crippen LogP contribution in [0, 0.1) is 11.3 Å². The number of aliphatic hydroxyl groups is 1. The zero-order valence-corrected chi connectivity index (χ0v) is 12.9. The number of fused-ring (bicyclic) bond motifs is 1. The number of aliphatic hydroxyl groups excluding tert-OH is 1. The first kappa shape index (κ1) is 15.6. The lowest BCUT2D eigenvalue weighted by molar-refractivity contribution is -0.117. The molecule has 122 valence electrons. The smallest absolute Gasteiger partial charge is 0.248 e. The van der Waals surface area contributed by atoms with Gasteiger partial charge in [-0.25, -0.2) is 0 Å². The SMILES string of the molecule is C=C(CO)C(=O)NCC/C(=C1/C=C2OCOC2=CC1=N)C1CC1. The minimum Gasteiger partial charge on any atom is -0.454 e. The normalized spacial score (nSPS) is 21.5. The molecule has 1 heterocycles. The number of carbonyl (C=O) groups is 1. The molecule has 1 amide bonds. The summed E-state index contributed by atoms with van der Waals surface area (Å²) in [4.78, 5) is 11.6. The highest BCUT2D eigenvalue weighted by Gasteiger charge is 2.31. The van der Waals surface area contributed by atoms with E-state index in [1.807, 2.05) is 6.08 Å². The Bertz CT molecular complexity index is 654. The monoisotopic (exact) mass is 316 g/mol. The van der Waals surface area contributed by atoms with E-state index in [-0.39, 0.29) is 24.9 Å². The summed E-state index contributed by atoms with van der Waals surface area (Å²) in [5.74, 6) is 1.42. The highest BCUT2D eigenvalue weighted by molar-refractivity contribution is 6.10. The minimum atomic E-state index is -0.343. The quantitative estimate of drug-likeness (QED) is 0.648. The molecule has 0 aromatic carbocycles. The highest BCUT2D eigenvalue weighted by Crippen LogP contribution is 2.41. The molecule has 3 rings (SSSR count). The van der Waals surface area contributed by atoms with Gasteiger partial charge in [-0.05, 0) is 31.3 Å². The molecule has 1 aliphatic heterocycles. The van der Waals surface area contributed by atoms with Crippen LogP contribution in [0.2, 0.25) is 0 Å². The van der Waals surface area contributed by atoms with E-state index in [0.29, 0.717) is 36.1 Å².